The van der Waals surface area contributed by atoms with E-state index in [-0.39, 0.29) is 24.6 Å². The third kappa shape index (κ3) is 6.18. The summed E-state index contributed by atoms with van der Waals surface area (Å²) in [5.74, 6) is 0.523. The number of nitrogens with zero attached hydrogens (tertiary/aromatic N) is 3. The van der Waals surface area contributed by atoms with Crippen LogP contribution in [-0.4, -0.2) is 72.7 Å². The van der Waals surface area contributed by atoms with Crippen molar-refractivity contribution in [2.24, 2.45) is 5.92 Å². The molecule has 7 nitrogen and oxygen atoms in total. The van der Waals surface area contributed by atoms with Crippen LogP contribution in [0.15, 0.2) is 30.3 Å². The lowest BCUT2D eigenvalue weighted by molar-refractivity contribution is -0.143. The normalized spacial score (nSPS) is 24.2. The van der Waals surface area contributed by atoms with Crippen LogP contribution in [-0.2, 0) is 4.74 Å². The molecule has 2 N–H and O–H groups in total. The number of halogens is 3. The van der Waals surface area contributed by atoms with Crippen LogP contribution >= 0.6 is 0 Å². The number of hydrogen-bond acceptors (Lipinski definition) is 5. The van der Waals surface area contributed by atoms with Gasteiger partial charge in [0, 0.05) is 49.9 Å². The average molecular weight is 519 g/mol. The first kappa shape index (κ1) is 25.8. The second kappa shape index (κ2) is 10.5. The number of aliphatic hydroxyl groups is 1. The van der Waals surface area contributed by atoms with Crippen molar-refractivity contribution < 1.29 is 27.8 Å². The molecule has 2 aliphatic heterocycles. The summed E-state index contributed by atoms with van der Waals surface area (Å²) in [6.45, 7) is 5.22. The number of aromatic nitrogens is 1. The van der Waals surface area contributed by atoms with Crippen molar-refractivity contribution in [1.29, 1.82) is 0 Å². The van der Waals surface area contributed by atoms with Gasteiger partial charge in [0.2, 0.25) is 0 Å². The number of amides is 2. The van der Waals surface area contributed by atoms with E-state index in [9.17, 15) is 23.1 Å². The first-order valence-corrected chi connectivity index (χ1v) is 12.9. The fraction of sp³-hybridized carbons (Fsp3) is 0.556. The molecule has 0 radical (unpaired) electrons. The fourth-order valence-corrected chi connectivity index (χ4v) is 5.41. The van der Waals surface area contributed by atoms with Gasteiger partial charge in [0.15, 0.2) is 0 Å². The van der Waals surface area contributed by atoms with Crippen molar-refractivity contribution in [2.45, 2.75) is 50.8 Å². The van der Waals surface area contributed by atoms with Crippen LogP contribution < -0.4 is 10.2 Å². The fourth-order valence-electron chi connectivity index (χ4n) is 5.41. The molecule has 2 aromatic rings. The van der Waals surface area contributed by atoms with Gasteiger partial charge in [-0.2, -0.15) is 13.2 Å². The Labute approximate surface area is 214 Å². The van der Waals surface area contributed by atoms with Crippen LogP contribution in [0.1, 0.15) is 42.9 Å². The Morgan fingerprint density at radius 1 is 1.16 bits per heavy atom. The highest BCUT2D eigenvalue weighted by Crippen LogP contribution is 2.39. The van der Waals surface area contributed by atoms with Crippen molar-refractivity contribution in [2.75, 3.05) is 49.6 Å². The Hall–Kier alpha value is -2.85. The van der Waals surface area contributed by atoms with Gasteiger partial charge in [0.25, 0.3) is 0 Å². The zero-order valence-corrected chi connectivity index (χ0v) is 20.9. The number of aliphatic hydroxyl groups excluding tert-OH is 1. The number of ether oxygens (including phenoxy) is 1. The van der Waals surface area contributed by atoms with Crippen LogP contribution in [0.25, 0.3) is 11.1 Å². The number of benzene rings is 1. The molecule has 3 aliphatic rings. The number of rotatable bonds is 5. The Morgan fingerprint density at radius 2 is 1.92 bits per heavy atom. The number of alkyl halides is 3. The van der Waals surface area contributed by atoms with Crippen molar-refractivity contribution in [3.05, 3.63) is 41.6 Å². The van der Waals surface area contributed by atoms with E-state index in [1.165, 1.54) is 4.90 Å². The Kier molecular flexibility index (Phi) is 7.31. The largest absolute Gasteiger partial charge is 0.393 e. The summed E-state index contributed by atoms with van der Waals surface area (Å²) in [4.78, 5) is 21.4. The number of urea groups is 1. The van der Waals surface area contributed by atoms with Gasteiger partial charge in [-0.05, 0) is 73.1 Å². The summed E-state index contributed by atoms with van der Waals surface area (Å²) >= 11 is 0. The molecular weight excluding hydrogens is 485 g/mol. The lowest BCUT2D eigenvalue weighted by atomic mass is 9.79. The van der Waals surface area contributed by atoms with E-state index in [1.54, 1.807) is 0 Å². The number of likely N-dealkylation sites (tertiary alicyclic amines) is 1. The smallest absolute Gasteiger partial charge is 0.389 e. The van der Waals surface area contributed by atoms with E-state index >= 15 is 0 Å². The van der Waals surface area contributed by atoms with Crippen LogP contribution in [0.5, 0.6) is 0 Å². The number of carbonyl (C=O) groups is 1. The highest BCUT2D eigenvalue weighted by Gasteiger charge is 2.36. The van der Waals surface area contributed by atoms with Crippen LogP contribution in [0.2, 0.25) is 0 Å². The van der Waals surface area contributed by atoms with Gasteiger partial charge in [-0.1, -0.05) is 6.07 Å². The minimum Gasteiger partial charge on any atom is -0.393 e. The number of aryl methyl sites for hydroxylation is 1. The molecule has 0 bridgehead atoms. The van der Waals surface area contributed by atoms with E-state index < -0.39 is 18.5 Å². The predicted octanol–water partition coefficient (Wildman–Crippen LogP) is 4.94. The van der Waals surface area contributed by atoms with Gasteiger partial charge < -0.3 is 25.0 Å². The van der Waals surface area contributed by atoms with E-state index in [0.717, 1.165) is 41.3 Å². The average Bonchev–Trinajstić information content (AvgIpc) is 3.30. The molecular formula is C27H33F3N4O3. The molecule has 37 heavy (non-hydrogen) atoms. The second-order valence-corrected chi connectivity index (χ2v) is 10.4. The third-order valence-corrected chi connectivity index (χ3v) is 7.59. The summed E-state index contributed by atoms with van der Waals surface area (Å²) < 4.78 is 43.8. The van der Waals surface area contributed by atoms with Gasteiger partial charge in [-0.3, -0.25) is 0 Å². The van der Waals surface area contributed by atoms with Gasteiger partial charge in [0.05, 0.1) is 19.3 Å². The number of anilines is 2. The molecule has 1 aromatic heterocycles. The highest BCUT2D eigenvalue weighted by atomic mass is 19.4. The molecule has 2 amide bonds. The number of nitrogens with one attached hydrogen (secondary N) is 1. The van der Waals surface area contributed by atoms with Crippen LogP contribution in [0.4, 0.5) is 29.5 Å². The number of hydrogen-bond donors (Lipinski definition) is 2. The predicted molar refractivity (Wildman–Crippen MR) is 135 cm³/mol. The zero-order chi connectivity index (χ0) is 26.2. The molecule has 3 heterocycles. The third-order valence-electron chi connectivity index (χ3n) is 7.59. The molecule has 3 fully saturated rings. The quantitative estimate of drug-likeness (QED) is 0.587. The molecule has 1 aromatic carbocycles. The highest BCUT2D eigenvalue weighted by molar-refractivity contribution is 5.90. The maximum absolute atomic E-state index is 12.8. The first-order chi connectivity index (χ1) is 17.6. The zero-order valence-electron chi connectivity index (χ0n) is 20.9. The van der Waals surface area contributed by atoms with E-state index in [1.807, 2.05) is 25.1 Å². The maximum atomic E-state index is 12.8. The summed E-state index contributed by atoms with van der Waals surface area (Å²) in [7, 11) is 0. The number of carbonyl (C=O) groups excluding carboxylic acids is 1. The SMILES string of the molecule is Cc1ccc(NC(=O)N2CC[C@@H](CC(F)(F)F)C2)cc1-c1cc(C2CC(O)C2)nc(N2CCOCC2)c1. The molecule has 0 spiro atoms. The molecule has 1 saturated carbocycles. The Morgan fingerprint density at radius 3 is 2.62 bits per heavy atom. The van der Waals surface area contributed by atoms with Gasteiger partial charge >= 0.3 is 12.2 Å². The minimum absolute atomic E-state index is 0.105. The van der Waals surface area contributed by atoms with Gasteiger partial charge in [-0.25, -0.2) is 9.78 Å². The van der Waals surface area contributed by atoms with Gasteiger partial charge in [-0.15, -0.1) is 0 Å². The molecule has 5 rings (SSSR count). The molecule has 10 heteroatoms. The molecule has 200 valence electrons. The topological polar surface area (TPSA) is 77.9 Å². The second-order valence-electron chi connectivity index (χ2n) is 10.4. The van der Waals surface area contributed by atoms with Crippen LogP contribution in [0.3, 0.4) is 0 Å². The van der Waals surface area contributed by atoms with Crippen molar-refractivity contribution in [3.63, 3.8) is 0 Å². The molecule has 1 aliphatic carbocycles. The number of morpholine rings is 1. The summed E-state index contributed by atoms with van der Waals surface area (Å²) in [5, 5.41) is 12.7. The number of pyridine rings is 1. The lowest BCUT2D eigenvalue weighted by Gasteiger charge is -2.33. The van der Waals surface area contributed by atoms with E-state index in [0.29, 0.717) is 44.7 Å². The maximum Gasteiger partial charge on any atom is 0.389 e. The van der Waals surface area contributed by atoms with E-state index in [2.05, 4.69) is 22.3 Å². The molecule has 1 atom stereocenters. The van der Waals surface area contributed by atoms with Crippen molar-refractivity contribution >= 4 is 17.5 Å². The van der Waals surface area contributed by atoms with E-state index in [4.69, 9.17) is 9.72 Å². The lowest BCUT2D eigenvalue weighted by Crippen LogP contribution is -2.37. The summed E-state index contributed by atoms with van der Waals surface area (Å²) in [6.07, 6.45) is -3.63. The molecule has 2 saturated heterocycles. The van der Waals surface area contributed by atoms with Crippen LogP contribution in [0, 0.1) is 12.8 Å². The first-order valence-electron chi connectivity index (χ1n) is 12.9. The van der Waals surface area contributed by atoms with Crippen molar-refractivity contribution in [1.82, 2.24) is 9.88 Å². The van der Waals surface area contributed by atoms with Gasteiger partial charge in [0.1, 0.15) is 5.82 Å². The monoisotopic (exact) mass is 518 g/mol. The van der Waals surface area contributed by atoms with Crippen molar-refractivity contribution in [3.8, 4) is 11.1 Å². The molecule has 0 unspecified atom stereocenters. The standard InChI is InChI=1S/C27H33F3N4O3/c1-17-2-3-21(31-26(36)34-5-4-18(16-34)15-27(28,29)30)14-23(17)19-12-24(20-10-22(35)11-20)32-25(13-19)33-6-8-37-9-7-33/h2-3,12-14,18,20,22,35H,4-11,15-16H2,1H3,(H,31,36)/t18-,20?,22?/m0/s1. The summed E-state index contributed by atoms with van der Waals surface area (Å²) in [6, 6.07) is 9.40. The Bertz CT molecular complexity index is 1130. The summed E-state index contributed by atoms with van der Waals surface area (Å²) in [5.41, 5.74) is 4.50. The minimum atomic E-state index is -4.22. The Balaban J connectivity index is 1.36.